The van der Waals surface area contributed by atoms with Crippen molar-refractivity contribution in [1.29, 1.82) is 0 Å². The third-order valence-corrected chi connectivity index (χ3v) is 4.58. The molecular weight excluding hydrogens is 306 g/mol. The van der Waals surface area contributed by atoms with Gasteiger partial charge in [-0.25, -0.2) is 0 Å². The number of benzene rings is 1. The summed E-state index contributed by atoms with van der Waals surface area (Å²) < 4.78 is 0.943. The minimum Gasteiger partial charge on any atom is -0.337 e. The van der Waals surface area contributed by atoms with Crippen LogP contribution in [0.3, 0.4) is 0 Å². The largest absolute Gasteiger partial charge is 0.337 e. The van der Waals surface area contributed by atoms with E-state index in [-0.39, 0.29) is 17.6 Å². The lowest BCUT2D eigenvalue weighted by molar-refractivity contribution is -0.125. The first kappa shape index (κ1) is 14.3. The fourth-order valence-corrected chi connectivity index (χ4v) is 2.74. The number of nitrogens with zero attached hydrogens (tertiary/aromatic N) is 1. The van der Waals surface area contributed by atoms with E-state index in [4.69, 9.17) is 0 Å². The van der Waals surface area contributed by atoms with Crippen molar-refractivity contribution in [3.8, 4) is 0 Å². The van der Waals surface area contributed by atoms with E-state index in [2.05, 4.69) is 15.9 Å². The van der Waals surface area contributed by atoms with Crippen LogP contribution in [-0.4, -0.2) is 29.7 Å². The summed E-state index contributed by atoms with van der Waals surface area (Å²) in [5, 5.41) is 0. The highest BCUT2D eigenvalue weighted by Crippen LogP contribution is 2.21. The molecule has 0 bridgehead atoms. The number of Topliss-reactive ketones (excluding diaryl/α,β-unsaturated/α-hetero) is 1. The van der Waals surface area contributed by atoms with E-state index in [0.717, 1.165) is 16.5 Å². The number of likely N-dealkylation sites (tertiary alicyclic amines) is 1. The minimum atomic E-state index is 0.00610. The van der Waals surface area contributed by atoms with Gasteiger partial charge >= 0.3 is 0 Å². The number of amides is 1. The lowest BCUT2D eigenvalue weighted by Crippen LogP contribution is -2.43. The summed E-state index contributed by atoms with van der Waals surface area (Å²) >= 11 is 3.45. The molecule has 1 amide bonds. The van der Waals surface area contributed by atoms with Gasteiger partial charge in [0.05, 0.1) is 0 Å². The minimum absolute atomic E-state index is 0.00610. The summed E-state index contributed by atoms with van der Waals surface area (Å²) in [6.07, 6.45) is 1.29. The Morgan fingerprint density at radius 2 is 2.21 bits per heavy atom. The number of hydrogen-bond acceptors (Lipinski definition) is 2. The predicted octanol–water partition coefficient (Wildman–Crippen LogP) is 3.20. The van der Waals surface area contributed by atoms with E-state index < -0.39 is 0 Å². The third-order valence-electron chi connectivity index (χ3n) is 3.72. The van der Waals surface area contributed by atoms with Crippen LogP contribution in [0.5, 0.6) is 0 Å². The molecule has 1 heterocycles. The van der Waals surface area contributed by atoms with Crippen LogP contribution in [0.15, 0.2) is 22.7 Å². The number of hydrogen-bond donors (Lipinski definition) is 0. The number of aryl methyl sites for hydroxylation is 1. The first-order valence-electron chi connectivity index (χ1n) is 6.61. The highest BCUT2D eigenvalue weighted by molar-refractivity contribution is 9.10. The maximum atomic E-state index is 12.4. The normalized spacial score (nSPS) is 19.6. The molecule has 0 spiro atoms. The van der Waals surface area contributed by atoms with Crippen LogP contribution in [0.1, 0.15) is 35.7 Å². The molecule has 102 valence electrons. The second kappa shape index (κ2) is 5.87. The van der Waals surface area contributed by atoms with Crippen molar-refractivity contribution in [3.63, 3.8) is 0 Å². The Morgan fingerprint density at radius 3 is 2.84 bits per heavy atom. The number of rotatable bonds is 2. The molecule has 3 nitrogen and oxygen atoms in total. The topological polar surface area (TPSA) is 37.4 Å². The van der Waals surface area contributed by atoms with E-state index in [1.807, 2.05) is 32.0 Å². The highest BCUT2D eigenvalue weighted by atomic mass is 79.9. The van der Waals surface area contributed by atoms with Crippen molar-refractivity contribution in [2.24, 2.45) is 5.92 Å². The summed E-state index contributed by atoms with van der Waals surface area (Å²) in [7, 11) is 0. The number of carbonyl (C=O) groups is 2. The van der Waals surface area contributed by atoms with Gasteiger partial charge in [0.1, 0.15) is 5.78 Å². The Labute approximate surface area is 122 Å². The molecule has 0 radical (unpaired) electrons. The standard InChI is InChI=1S/C15H18BrNO2/c1-3-11-9-17(7-6-14(11)18)15(19)12-5-4-10(2)13(16)8-12/h4-5,8,11H,3,6-7,9H2,1-2H3. The van der Waals surface area contributed by atoms with Crippen molar-refractivity contribution in [2.75, 3.05) is 13.1 Å². The van der Waals surface area contributed by atoms with Crippen molar-refractivity contribution < 1.29 is 9.59 Å². The van der Waals surface area contributed by atoms with Gasteiger partial charge in [0.25, 0.3) is 5.91 Å². The Bertz CT molecular complexity index is 513. The third kappa shape index (κ3) is 3.06. The van der Waals surface area contributed by atoms with Crippen LogP contribution in [0.4, 0.5) is 0 Å². The average Bonchev–Trinajstić information content (AvgIpc) is 2.41. The fraction of sp³-hybridized carbons (Fsp3) is 0.467. The monoisotopic (exact) mass is 323 g/mol. The average molecular weight is 324 g/mol. The molecule has 0 saturated carbocycles. The van der Waals surface area contributed by atoms with Gasteiger partial charge in [-0.3, -0.25) is 9.59 Å². The molecule has 0 aromatic heterocycles. The molecule has 1 fully saturated rings. The summed E-state index contributed by atoms with van der Waals surface area (Å²) in [6, 6.07) is 5.64. The molecule has 1 saturated heterocycles. The van der Waals surface area contributed by atoms with E-state index >= 15 is 0 Å². The van der Waals surface area contributed by atoms with Gasteiger partial charge in [-0.1, -0.05) is 28.9 Å². The predicted molar refractivity (Wildman–Crippen MR) is 78.2 cm³/mol. The summed E-state index contributed by atoms with van der Waals surface area (Å²) in [6.45, 7) is 5.09. The number of halogens is 1. The van der Waals surface area contributed by atoms with Gasteiger partial charge in [0, 0.05) is 35.5 Å². The maximum absolute atomic E-state index is 12.4. The van der Waals surface area contributed by atoms with Crippen molar-refractivity contribution >= 4 is 27.6 Å². The van der Waals surface area contributed by atoms with Crippen LogP contribution >= 0.6 is 15.9 Å². The molecule has 1 aliphatic rings. The molecule has 1 aromatic rings. The number of carbonyl (C=O) groups excluding carboxylic acids is 2. The van der Waals surface area contributed by atoms with Crippen LogP contribution < -0.4 is 0 Å². The van der Waals surface area contributed by atoms with Gasteiger partial charge in [0.15, 0.2) is 0 Å². The van der Waals surface area contributed by atoms with E-state index in [0.29, 0.717) is 25.1 Å². The zero-order chi connectivity index (χ0) is 14.0. The van der Waals surface area contributed by atoms with Crippen molar-refractivity contribution in [2.45, 2.75) is 26.7 Å². The zero-order valence-corrected chi connectivity index (χ0v) is 12.9. The molecule has 1 atom stereocenters. The van der Waals surface area contributed by atoms with Gasteiger partial charge in [-0.2, -0.15) is 0 Å². The Hall–Kier alpha value is -1.16. The number of ketones is 1. The SMILES string of the molecule is CCC1CN(C(=O)c2ccc(C)c(Br)c2)CCC1=O. The lowest BCUT2D eigenvalue weighted by atomic mass is 9.93. The Kier molecular flexibility index (Phi) is 4.40. The van der Waals surface area contributed by atoms with Crippen LogP contribution in [0.25, 0.3) is 0 Å². The Balaban J connectivity index is 2.15. The molecule has 0 N–H and O–H groups in total. The Morgan fingerprint density at radius 1 is 1.47 bits per heavy atom. The van der Waals surface area contributed by atoms with Gasteiger partial charge in [-0.05, 0) is 31.0 Å². The van der Waals surface area contributed by atoms with Crippen molar-refractivity contribution in [3.05, 3.63) is 33.8 Å². The summed E-state index contributed by atoms with van der Waals surface area (Å²) in [5.41, 5.74) is 1.79. The van der Waals surface area contributed by atoms with E-state index in [9.17, 15) is 9.59 Å². The van der Waals surface area contributed by atoms with Crippen LogP contribution in [-0.2, 0) is 4.79 Å². The zero-order valence-electron chi connectivity index (χ0n) is 11.3. The second-order valence-electron chi connectivity index (χ2n) is 5.04. The first-order chi connectivity index (χ1) is 9.02. The first-order valence-corrected chi connectivity index (χ1v) is 7.40. The van der Waals surface area contributed by atoms with E-state index in [1.165, 1.54) is 0 Å². The van der Waals surface area contributed by atoms with Crippen molar-refractivity contribution in [1.82, 2.24) is 4.90 Å². The highest BCUT2D eigenvalue weighted by Gasteiger charge is 2.29. The smallest absolute Gasteiger partial charge is 0.253 e. The molecule has 0 aliphatic carbocycles. The molecular formula is C15H18BrNO2. The van der Waals surface area contributed by atoms with Gasteiger partial charge < -0.3 is 4.90 Å². The maximum Gasteiger partial charge on any atom is 0.253 e. The van der Waals surface area contributed by atoms with Crippen LogP contribution in [0.2, 0.25) is 0 Å². The van der Waals surface area contributed by atoms with Crippen LogP contribution in [0, 0.1) is 12.8 Å². The fourth-order valence-electron chi connectivity index (χ4n) is 2.36. The molecule has 1 unspecified atom stereocenters. The summed E-state index contributed by atoms with van der Waals surface area (Å²) in [5.74, 6) is 0.315. The number of piperidine rings is 1. The van der Waals surface area contributed by atoms with E-state index in [1.54, 1.807) is 4.90 Å². The quantitative estimate of drug-likeness (QED) is 0.838. The molecule has 19 heavy (non-hydrogen) atoms. The molecule has 4 heteroatoms. The molecule has 1 aliphatic heterocycles. The molecule has 2 rings (SSSR count). The second-order valence-corrected chi connectivity index (χ2v) is 5.89. The molecule has 1 aromatic carbocycles. The lowest BCUT2D eigenvalue weighted by Gasteiger charge is -2.31. The van der Waals surface area contributed by atoms with Gasteiger partial charge in [-0.15, -0.1) is 0 Å². The summed E-state index contributed by atoms with van der Waals surface area (Å²) in [4.78, 5) is 25.9. The van der Waals surface area contributed by atoms with Gasteiger partial charge in [0.2, 0.25) is 0 Å².